The van der Waals surface area contributed by atoms with Gasteiger partial charge in [-0.15, -0.1) is 0 Å². The molecule has 1 heterocycles. The molecule has 7 N–H and O–H groups in total. The van der Waals surface area contributed by atoms with E-state index < -0.39 is 60.0 Å². The highest BCUT2D eigenvalue weighted by Crippen LogP contribution is 2.33. The minimum absolute atomic E-state index is 0.135. The summed E-state index contributed by atoms with van der Waals surface area (Å²) in [5.41, 5.74) is 7.59. The van der Waals surface area contributed by atoms with Gasteiger partial charge in [0, 0.05) is 29.9 Å². The highest BCUT2D eigenvalue weighted by Gasteiger charge is 2.39. The molecule has 0 radical (unpaired) electrons. The van der Waals surface area contributed by atoms with Gasteiger partial charge in [0.25, 0.3) is 0 Å². The van der Waals surface area contributed by atoms with Crippen molar-refractivity contribution in [1.82, 2.24) is 15.1 Å². The molecule has 3 aromatic rings. The number of alkyl halides is 9. The third kappa shape index (κ3) is 18.5. The van der Waals surface area contributed by atoms with Crippen molar-refractivity contribution in [3.8, 4) is 16.9 Å². The number of ether oxygens (including phenoxy) is 1. The van der Waals surface area contributed by atoms with Gasteiger partial charge in [0.1, 0.15) is 24.0 Å². The molecule has 3 rings (SSSR count). The number of anilines is 1. The van der Waals surface area contributed by atoms with Gasteiger partial charge in [0.05, 0.1) is 17.9 Å². The molecule has 0 spiro atoms. The van der Waals surface area contributed by atoms with E-state index in [-0.39, 0.29) is 17.7 Å². The number of nitrogens with two attached hydrogens (primary N) is 1. The Hall–Kier alpha value is -5.52. The van der Waals surface area contributed by atoms with E-state index in [1.165, 1.54) is 30.5 Å². The number of carboxylic acids is 3. The molecular weight excluding hydrogens is 743 g/mol. The Morgan fingerprint density at radius 3 is 1.79 bits per heavy atom. The molecule has 1 aromatic heterocycles. The number of aliphatic carboxylic acids is 3. The van der Waals surface area contributed by atoms with Crippen LogP contribution in [0.25, 0.3) is 11.1 Å². The second-order valence-electron chi connectivity index (χ2n) is 9.81. The Morgan fingerprint density at radius 2 is 1.38 bits per heavy atom. The highest BCUT2D eigenvalue weighted by atomic mass is 19.4. The van der Waals surface area contributed by atoms with E-state index in [4.69, 9.17) is 40.2 Å². The molecule has 0 saturated heterocycles. The van der Waals surface area contributed by atoms with Crippen LogP contribution >= 0.6 is 0 Å². The van der Waals surface area contributed by atoms with Crippen LogP contribution < -0.4 is 15.8 Å². The number of hydrogen-bond acceptors (Lipinski definition) is 8. The predicted octanol–water partition coefficient (Wildman–Crippen LogP) is 4.70. The van der Waals surface area contributed by atoms with Crippen LogP contribution in [0.2, 0.25) is 0 Å². The fourth-order valence-electron chi connectivity index (χ4n) is 2.96. The molecular formula is C28H28F11N5O8. The normalized spacial score (nSPS) is 11.8. The molecule has 52 heavy (non-hydrogen) atoms. The number of carbonyl (C=O) groups excluding carboxylic acids is 1. The number of carbonyl (C=O) groups is 4. The number of amides is 1. The first-order chi connectivity index (χ1) is 23.7. The van der Waals surface area contributed by atoms with Crippen LogP contribution in [0, 0.1) is 11.6 Å². The number of rotatable bonds is 9. The van der Waals surface area contributed by atoms with Gasteiger partial charge in [0.15, 0.2) is 0 Å². The first kappa shape index (κ1) is 46.5. The summed E-state index contributed by atoms with van der Waals surface area (Å²) in [6, 6.07) is 7.64. The number of likely N-dealkylation sites (N-methyl/N-ethyl adjacent to an activating group) is 1. The Labute approximate surface area is 284 Å². The Balaban J connectivity index is 0.00000101. The van der Waals surface area contributed by atoms with Gasteiger partial charge in [-0.3, -0.25) is 9.89 Å². The number of nitrogens with zero attached hydrogens (tertiary/aromatic N) is 2. The van der Waals surface area contributed by atoms with E-state index in [0.717, 1.165) is 0 Å². The Morgan fingerprint density at radius 1 is 0.885 bits per heavy atom. The molecule has 0 unspecified atom stereocenters. The van der Waals surface area contributed by atoms with E-state index in [0.29, 0.717) is 30.0 Å². The predicted molar refractivity (Wildman–Crippen MR) is 156 cm³/mol. The van der Waals surface area contributed by atoms with Crippen LogP contribution in [0.15, 0.2) is 48.8 Å². The largest absolute Gasteiger partial charge is 0.490 e. The minimum Gasteiger partial charge on any atom is -0.490 e. The zero-order valence-electron chi connectivity index (χ0n) is 26.3. The lowest BCUT2D eigenvalue weighted by Gasteiger charge is -2.18. The standard InChI is InChI=1S/C22H25F2N5O2.3C2HF3O2/c1-29(2)6-7-31-21-10-17(15-12-26-27-13-15)18(24)11-20(21)28-22(30)19(25)9-14-4-3-5-16(23)8-14;3*3-2(4,5)1(6)7/h3-5,8,10-13,19H,6-7,9,25H2,1-2H3,(H,26,27)(H,28,30);3*(H,6,7)/t19-;;;/m1.../s1. The van der Waals surface area contributed by atoms with Crippen LogP contribution in [0.5, 0.6) is 5.75 Å². The van der Waals surface area contributed by atoms with Crippen molar-refractivity contribution in [2.75, 3.05) is 32.6 Å². The monoisotopic (exact) mass is 771 g/mol. The zero-order chi connectivity index (χ0) is 40.6. The molecule has 0 fully saturated rings. The summed E-state index contributed by atoms with van der Waals surface area (Å²) >= 11 is 0. The molecule has 0 aliphatic heterocycles. The summed E-state index contributed by atoms with van der Waals surface area (Å²) in [6.07, 6.45) is -12.1. The first-order valence-electron chi connectivity index (χ1n) is 13.5. The van der Waals surface area contributed by atoms with Gasteiger partial charge in [-0.2, -0.15) is 44.6 Å². The highest BCUT2D eigenvalue weighted by molar-refractivity contribution is 5.96. The second-order valence-corrected chi connectivity index (χ2v) is 9.81. The molecule has 290 valence electrons. The number of carboxylic acid groups (broad SMARTS) is 3. The van der Waals surface area contributed by atoms with E-state index in [9.17, 15) is 53.1 Å². The van der Waals surface area contributed by atoms with E-state index in [1.54, 1.807) is 18.3 Å². The molecule has 0 aliphatic carbocycles. The maximum atomic E-state index is 14.8. The Kier molecular flexibility index (Phi) is 18.2. The fourth-order valence-corrected chi connectivity index (χ4v) is 2.96. The topological polar surface area (TPSA) is 208 Å². The molecule has 2 aromatic carbocycles. The van der Waals surface area contributed by atoms with Crippen LogP contribution in [0.4, 0.5) is 54.0 Å². The molecule has 24 heteroatoms. The van der Waals surface area contributed by atoms with Crippen molar-refractivity contribution in [1.29, 1.82) is 0 Å². The minimum atomic E-state index is -5.08. The second kappa shape index (κ2) is 20.4. The third-order valence-corrected chi connectivity index (χ3v) is 5.34. The van der Waals surface area contributed by atoms with E-state index >= 15 is 0 Å². The number of aromatic amines is 1. The van der Waals surface area contributed by atoms with Crippen molar-refractivity contribution in [3.05, 3.63) is 66.0 Å². The number of benzene rings is 2. The lowest BCUT2D eigenvalue weighted by atomic mass is 10.0. The molecule has 13 nitrogen and oxygen atoms in total. The maximum absolute atomic E-state index is 14.8. The van der Waals surface area contributed by atoms with Crippen LogP contribution in [0.3, 0.4) is 0 Å². The van der Waals surface area contributed by atoms with Gasteiger partial charge in [0.2, 0.25) is 5.91 Å². The lowest BCUT2D eigenvalue weighted by Crippen LogP contribution is -2.37. The maximum Gasteiger partial charge on any atom is 0.490 e. The Bertz CT molecular complexity index is 1560. The summed E-state index contributed by atoms with van der Waals surface area (Å²) in [7, 11) is 3.80. The van der Waals surface area contributed by atoms with Crippen molar-refractivity contribution < 1.29 is 87.5 Å². The van der Waals surface area contributed by atoms with Crippen LogP contribution in [0.1, 0.15) is 5.56 Å². The number of hydrogen-bond donors (Lipinski definition) is 6. The van der Waals surface area contributed by atoms with Crippen molar-refractivity contribution in [2.24, 2.45) is 5.73 Å². The average Bonchev–Trinajstić information content (AvgIpc) is 3.52. The lowest BCUT2D eigenvalue weighted by molar-refractivity contribution is -0.193. The average molecular weight is 772 g/mol. The van der Waals surface area contributed by atoms with Gasteiger partial charge in [-0.05, 0) is 44.3 Å². The van der Waals surface area contributed by atoms with Crippen LogP contribution in [-0.4, -0.2) is 106 Å². The number of nitrogens with one attached hydrogen (secondary N) is 2. The molecule has 1 atom stereocenters. The smallest absolute Gasteiger partial charge is 0.490 e. The summed E-state index contributed by atoms with van der Waals surface area (Å²) < 4.78 is 129. The first-order valence-corrected chi connectivity index (χ1v) is 13.5. The number of halogens is 11. The van der Waals surface area contributed by atoms with Crippen molar-refractivity contribution >= 4 is 29.5 Å². The quantitative estimate of drug-likeness (QED) is 0.164. The van der Waals surface area contributed by atoms with E-state index in [2.05, 4.69) is 15.5 Å². The summed E-state index contributed by atoms with van der Waals surface area (Å²) in [5.74, 6) is -9.44. The molecule has 0 saturated carbocycles. The number of aromatic nitrogens is 2. The third-order valence-electron chi connectivity index (χ3n) is 5.34. The van der Waals surface area contributed by atoms with E-state index in [1.807, 2.05) is 19.0 Å². The van der Waals surface area contributed by atoms with Crippen LogP contribution in [-0.2, 0) is 25.6 Å². The van der Waals surface area contributed by atoms with Gasteiger partial charge in [-0.25, -0.2) is 23.2 Å². The van der Waals surface area contributed by atoms with Gasteiger partial charge >= 0.3 is 36.4 Å². The zero-order valence-corrected chi connectivity index (χ0v) is 26.3. The van der Waals surface area contributed by atoms with Gasteiger partial charge < -0.3 is 36.0 Å². The summed E-state index contributed by atoms with van der Waals surface area (Å²) in [4.78, 5) is 41.3. The molecule has 0 bridgehead atoms. The molecule has 0 aliphatic rings. The van der Waals surface area contributed by atoms with Crippen molar-refractivity contribution in [2.45, 2.75) is 31.0 Å². The molecule has 1 amide bonds. The number of H-pyrrole nitrogens is 1. The summed E-state index contributed by atoms with van der Waals surface area (Å²) in [5, 5.41) is 30.5. The SMILES string of the molecule is CN(C)CCOc1cc(-c2cn[nH]c2)c(F)cc1NC(=O)[C@H](N)Cc1cccc(F)c1.O=C(O)C(F)(F)F.O=C(O)C(F)(F)F.O=C(O)C(F)(F)F. The van der Waals surface area contributed by atoms with Gasteiger partial charge in [-0.1, -0.05) is 12.1 Å². The van der Waals surface area contributed by atoms with Crippen molar-refractivity contribution in [3.63, 3.8) is 0 Å². The summed E-state index contributed by atoms with van der Waals surface area (Å²) in [6.45, 7) is 0.965. The fraction of sp³-hybridized carbons (Fsp3) is 0.321.